The average molecular weight is 310 g/mol. The third-order valence-electron chi connectivity index (χ3n) is 3.74. The number of phenolic OH excluding ortho intramolecular Hbond substituents is 1. The fraction of sp³-hybridized carbons (Fsp3) is 0.316. The number of hydrogen-bond donors (Lipinski definition) is 1. The summed E-state index contributed by atoms with van der Waals surface area (Å²) in [5, 5.41) is 18.5. The summed E-state index contributed by atoms with van der Waals surface area (Å²) < 4.78 is 0. The maximum absolute atomic E-state index is 10.9. The SMILES string of the molecule is CC(C)c1cccc(C(C)C)c1N=Nc1cc(C=O)ccc1O. The molecule has 0 saturated carbocycles. The summed E-state index contributed by atoms with van der Waals surface area (Å²) >= 11 is 0. The predicted molar refractivity (Wildman–Crippen MR) is 92.3 cm³/mol. The smallest absolute Gasteiger partial charge is 0.150 e. The van der Waals surface area contributed by atoms with Crippen molar-refractivity contribution in [1.82, 2.24) is 0 Å². The van der Waals surface area contributed by atoms with Crippen LogP contribution in [0.4, 0.5) is 11.4 Å². The van der Waals surface area contributed by atoms with E-state index in [1.165, 1.54) is 12.1 Å². The highest BCUT2D eigenvalue weighted by Crippen LogP contribution is 2.37. The molecule has 1 N–H and O–H groups in total. The zero-order valence-electron chi connectivity index (χ0n) is 13.9. The second kappa shape index (κ2) is 7.18. The maximum Gasteiger partial charge on any atom is 0.150 e. The summed E-state index contributed by atoms with van der Waals surface area (Å²) in [5.74, 6) is 0.641. The normalized spacial score (nSPS) is 11.6. The number of carbonyl (C=O) groups is 1. The fourth-order valence-electron chi connectivity index (χ4n) is 2.42. The lowest BCUT2D eigenvalue weighted by Crippen LogP contribution is -1.94. The van der Waals surface area contributed by atoms with Crippen molar-refractivity contribution < 1.29 is 9.90 Å². The van der Waals surface area contributed by atoms with Crippen LogP contribution in [0.1, 0.15) is 61.0 Å². The molecule has 4 heteroatoms. The van der Waals surface area contributed by atoms with E-state index in [2.05, 4.69) is 37.9 Å². The van der Waals surface area contributed by atoms with Crippen LogP contribution in [-0.4, -0.2) is 11.4 Å². The van der Waals surface area contributed by atoms with Gasteiger partial charge in [0, 0.05) is 5.56 Å². The van der Waals surface area contributed by atoms with E-state index >= 15 is 0 Å². The summed E-state index contributed by atoms with van der Waals surface area (Å²) in [6.45, 7) is 8.46. The van der Waals surface area contributed by atoms with E-state index in [9.17, 15) is 9.90 Å². The molecule has 0 unspecified atom stereocenters. The van der Waals surface area contributed by atoms with Crippen LogP contribution in [0.5, 0.6) is 5.75 Å². The molecule has 0 heterocycles. The van der Waals surface area contributed by atoms with Gasteiger partial charge in [-0.2, -0.15) is 0 Å². The minimum Gasteiger partial charge on any atom is -0.506 e. The first-order chi connectivity index (χ1) is 10.9. The van der Waals surface area contributed by atoms with Crippen LogP contribution in [0.2, 0.25) is 0 Å². The number of azo groups is 1. The van der Waals surface area contributed by atoms with Crippen LogP contribution in [0, 0.1) is 0 Å². The van der Waals surface area contributed by atoms with Crippen LogP contribution >= 0.6 is 0 Å². The third-order valence-corrected chi connectivity index (χ3v) is 3.74. The van der Waals surface area contributed by atoms with E-state index in [4.69, 9.17) is 0 Å². The third kappa shape index (κ3) is 3.83. The molecule has 0 spiro atoms. The minimum absolute atomic E-state index is 0.00692. The zero-order chi connectivity index (χ0) is 17.0. The second-order valence-electron chi connectivity index (χ2n) is 6.16. The van der Waals surface area contributed by atoms with Gasteiger partial charge in [0.15, 0.2) is 0 Å². The summed E-state index contributed by atoms with van der Waals surface area (Å²) in [6, 6.07) is 10.7. The Kier molecular flexibility index (Phi) is 5.27. The molecule has 0 saturated heterocycles. The van der Waals surface area contributed by atoms with Gasteiger partial charge in [0.1, 0.15) is 17.7 Å². The van der Waals surface area contributed by atoms with Gasteiger partial charge in [-0.25, -0.2) is 0 Å². The number of hydrogen-bond acceptors (Lipinski definition) is 4. The molecule has 2 aromatic carbocycles. The lowest BCUT2D eigenvalue weighted by molar-refractivity contribution is 0.112. The van der Waals surface area contributed by atoms with E-state index in [1.54, 1.807) is 6.07 Å². The van der Waals surface area contributed by atoms with Crippen LogP contribution in [-0.2, 0) is 0 Å². The summed E-state index contributed by atoms with van der Waals surface area (Å²) in [4.78, 5) is 10.9. The Hall–Kier alpha value is -2.49. The Morgan fingerprint density at radius 2 is 1.57 bits per heavy atom. The molecule has 0 aliphatic rings. The highest BCUT2D eigenvalue weighted by molar-refractivity contribution is 5.77. The molecular weight excluding hydrogens is 288 g/mol. The van der Waals surface area contributed by atoms with Gasteiger partial charge in [0.2, 0.25) is 0 Å². The van der Waals surface area contributed by atoms with Crippen molar-refractivity contribution in [2.24, 2.45) is 10.2 Å². The van der Waals surface area contributed by atoms with E-state index in [0.717, 1.165) is 23.1 Å². The van der Waals surface area contributed by atoms with Gasteiger partial charge >= 0.3 is 0 Å². The average Bonchev–Trinajstić information content (AvgIpc) is 2.53. The molecule has 0 fully saturated rings. The van der Waals surface area contributed by atoms with E-state index in [1.807, 2.05) is 18.2 Å². The Bertz CT molecular complexity index is 708. The lowest BCUT2D eigenvalue weighted by Gasteiger charge is -2.15. The number of carbonyl (C=O) groups excluding carboxylic acids is 1. The maximum atomic E-state index is 10.9. The number of aldehydes is 1. The Labute approximate surface area is 136 Å². The molecular formula is C19H22N2O2. The molecule has 0 atom stereocenters. The number of aromatic hydroxyl groups is 1. The summed E-state index contributed by atoms with van der Waals surface area (Å²) in [5.41, 5.74) is 3.83. The molecule has 0 aliphatic carbocycles. The Morgan fingerprint density at radius 1 is 0.957 bits per heavy atom. The first kappa shape index (κ1) is 16.9. The number of benzene rings is 2. The van der Waals surface area contributed by atoms with Crippen molar-refractivity contribution in [2.75, 3.05) is 0 Å². The van der Waals surface area contributed by atoms with E-state index < -0.39 is 0 Å². The molecule has 0 aliphatic heterocycles. The van der Waals surface area contributed by atoms with Crippen LogP contribution < -0.4 is 0 Å². The topological polar surface area (TPSA) is 62.0 Å². The van der Waals surface area contributed by atoms with Crippen molar-refractivity contribution in [3.63, 3.8) is 0 Å². The first-order valence-electron chi connectivity index (χ1n) is 7.76. The Balaban J connectivity index is 2.52. The molecule has 0 radical (unpaired) electrons. The van der Waals surface area contributed by atoms with E-state index in [-0.39, 0.29) is 5.75 Å². The fourth-order valence-corrected chi connectivity index (χ4v) is 2.42. The molecule has 23 heavy (non-hydrogen) atoms. The second-order valence-corrected chi connectivity index (χ2v) is 6.16. The van der Waals surface area contributed by atoms with E-state index in [0.29, 0.717) is 23.1 Å². The monoisotopic (exact) mass is 310 g/mol. The van der Waals surface area contributed by atoms with Crippen molar-refractivity contribution in [3.05, 3.63) is 53.1 Å². The largest absolute Gasteiger partial charge is 0.506 e. The zero-order valence-corrected chi connectivity index (χ0v) is 13.9. The van der Waals surface area contributed by atoms with Crippen LogP contribution in [0.15, 0.2) is 46.6 Å². The molecule has 0 bridgehead atoms. The molecule has 120 valence electrons. The highest BCUT2D eigenvalue weighted by atomic mass is 16.3. The van der Waals surface area contributed by atoms with Gasteiger partial charge in [-0.15, -0.1) is 10.2 Å². The predicted octanol–water partition coefficient (Wildman–Crippen LogP) is 5.87. The Morgan fingerprint density at radius 3 is 2.09 bits per heavy atom. The highest BCUT2D eigenvalue weighted by Gasteiger charge is 2.13. The van der Waals surface area contributed by atoms with Gasteiger partial charge in [0.25, 0.3) is 0 Å². The number of rotatable bonds is 5. The molecule has 0 aromatic heterocycles. The van der Waals surface area contributed by atoms with Gasteiger partial charge in [-0.1, -0.05) is 45.9 Å². The number of nitrogens with zero attached hydrogens (tertiary/aromatic N) is 2. The molecule has 2 rings (SSSR count). The number of phenols is 1. The summed E-state index contributed by atoms with van der Waals surface area (Å²) in [7, 11) is 0. The first-order valence-corrected chi connectivity index (χ1v) is 7.76. The molecule has 4 nitrogen and oxygen atoms in total. The van der Waals surface area contributed by atoms with Gasteiger partial charge in [-0.05, 0) is 41.2 Å². The van der Waals surface area contributed by atoms with Crippen molar-refractivity contribution in [1.29, 1.82) is 0 Å². The summed E-state index contributed by atoms with van der Waals surface area (Å²) in [6.07, 6.45) is 0.722. The van der Waals surface area contributed by atoms with Gasteiger partial charge in [0.05, 0.1) is 5.69 Å². The van der Waals surface area contributed by atoms with Crippen LogP contribution in [0.3, 0.4) is 0 Å². The van der Waals surface area contributed by atoms with Gasteiger partial charge in [-0.3, -0.25) is 4.79 Å². The quantitative estimate of drug-likeness (QED) is 0.554. The van der Waals surface area contributed by atoms with Crippen molar-refractivity contribution >= 4 is 17.7 Å². The molecule has 0 amide bonds. The van der Waals surface area contributed by atoms with Gasteiger partial charge < -0.3 is 5.11 Å². The standard InChI is InChI=1S/C19H22N2O2/c1-12(2)15-6-5-7-16(13(3)4)19(15)21-20-17-10-14(11-22)8-9-18(17)23/h5-13,23H,1-4H3. The lowest BCUT2D eigenvalue weighted by atomic mass is 9.93. The minimum atomic E-state index is 0.00692. The van der Waals surface area contributed by atoms with Crippen molar-refractivity contribution in [2.45, 2.75) is 39.5 Å². The van der Waals surface area contributed by atoms with Crippen molar-refractivity contribution in [3.8, 4) is 5.75 Å². The molecule has 2 aromatic rings. The van der Waals surface area contributed by atoms with Crippen LogP contribution in [0.25, 0.3) is 0 Å².